The van der Waals surface area contributed by atoms with Gasteiger partial charge < -0.3 is 10.1 Å². The van der Waals surface area contributed by atoms with Crippen molar-refractivity contribution in [3.05, 3.63) is 29.6 Å². The first kappa shape index (κ1) is 14.5. The van der Waals surface area contributed by atoms with E-state index in [0.717, 1.165) is 0 Å². The van der Waals surface area contributed by atoms with Crippen molar-refractivity contribution in [3.8, 4) is 5.75 Å². The topological polar surface area (TPSA) is 38.3 Å². The van der Waals surface area contributed by atoms with E-state index >= 15 is 0 Å². The molecule has 0 aliphatic heterocycles. The highest BCUT2D eigenvalue weighted by Crippen LogP contribution is 2.20. The van der Waals surface area contributed by atoms with Gasteiger partial charge in [0.1, 0.15) is 0 Å². The highest BCUT2D eigenvalue weighted by atomic mass is 19.1. The number of halogens is 1. The van der Waals surface area contributed by atoms with Gasteiger partial charge >= 0.3 is 0 Å². The summed E-state index contributed by atoms with van der Waals surface area (Å²) < 4.78 is 19.1. The van der Waals surface area contributed by atoms with Gasteiger partial charge in [0.2, 0.25) is 0 Å². The number of nitrogens with one attached hydrogen (secondary N) is 1. The van der Waals surface area contributed by atoms with Crippen molar-refractivity contribution in [2.45, 2.75) is 46.3 Å². The number of hydrogen-bond acceptors (Lipinski definition) is 2. The molecule has 0 saturated heterocycles. The third kappa shape index (κ3) is 4.02. The summed E-state index contributed by atoms with van der Waals surface area (Å²) in [6.07, 6.45) is -0.736. The summed E-state index contributed by atoms with van der Waals surface area (Å²) in [7, 11) is 0. The highest BCUT2D eigenvalue weighted by Gasteiger charge is 2.21. The summed E-state index contributed by atoms with van der Waals surface area (Å²) in [6.45, 7) is 8.89. The van der Waals surface area contributed by atoms with E-state index in [-0.39, 0.29) is 17.2 Å². The maximum Gasteiger partial charge on any atom is 0.261 e. The first-order chi connectivity index (χ1) is 8.20. The molecule has 0 fully saturated rings. The predicted octanol–water partition coefficient (Wildman–Crippen LogP) is 2.82. The largest absolute Gasteiger partial charge is 0.478 e. The number of ether oxygens (including phenoxy) is 1. The van der Waals surface area contributed by atoms with Crippen LogP contribution in [0.5, 0.6) is 5.75 Å². The van der Waals surface area contributed by atoms with Gasteiger partial charge in [-0.3, -0.25) is 4.79 Å². The Hall–Kier alpha value is -1.58. The summed E-state index contributed by atoms with van der Waals surface area (Å²) in [5, 5.41) is 2.79. The van der Waals surface area contributed by atoms with Crippen molar-refractivity contribution in [2.75, 3.05) is 0 Å². The van der Waals surface area contributed by atoms with Crippen LogP contribution in [0.4, 0.5) is 4.39 Å². The highest BCUT2D eigenvalue weighted by molar-refractivity contribution is 5.81. The molecule has 1 aromatic rings. The minimum Gasteiger partial charge on any atom is -0.478 e. The van der Waals surface area contributed by atoms with Gasteiger partial charge in [0, 0.05) is 5.54 Å². The van der Waals surface area contributed by atoms with Crippen LogP contribution in [0.1, 0.15) is 33.3 Å². The van der Waals surface area contributed by atoms with Crippen molar-refractivity contribution in [1.82, 2.24) is 5.32 Å². The monoisotopic (exact) mass is 253 g/mol. The third-order valence-corrected chi connectivity index (χ3v) is 2.33. The molecule has 0 radical (unpaired) electrons. The van der Waals surface area contributed by atoms with Crippen LogP contribution >= 0.6 is 0 Å². The van der Waals surface area contributed by atoms with Gasteiger partial charge in [0.15, 0.2) is 17.7 Å². The van der Waals surface area contributed by atoms with Gasteiger partial charge in [0.25, 0.3) is 5.91 Å². The van der Waals surface area contributed by atoms with Gasteiger partial charge in [-0.1, -0.05) is 12.1 Å². The normalized spacial score (nSPS) is 13.0. The van der Waals surface area contributed by atoms with Crippen LogP contribution in [0.2, 0.25) is 0 Å². The van der Waals surface area contributed by atoms with Gasteiger partial charge in [-0.15, -0.1) is 0 Å². The van der Waals surface area contributed by atoms with Crippen LogP contribution in [-0.2, 0) is 4.79 Å². The predicted molar refractivity (Wildman–Crippen MR) is 69.1 cm³/mol. The van der Waals surface area contributed by atoms with E-state index < -0.39 is 11.9 Å². The molecule has 1 rings (SSSR count). The molecule has 4 heteroatoms. The lowest BCUT2D eigenvalue weighted by molar-refractivity contribution is -0.128. The molecule has 0 aliphatic carbocycles. The Balaban J connectivity index is 2.73. The Morgan fingerprint density at radius 1 is 1.39 bits per heavy atom. The van der Waals surface area contributed by atoms with Crippen molar-refractivity contribution in [3.63, 3.8) is 0 Å². The van der Waals surface area contributed by atoms with Crippen LogP contribution in [0.15, 0.2) is 18.2 Å². The van der Waals surface area contributed by atoms with Crippen molar-refractivity contribution in [2.24, 2.45) is 0 Å². The molecule has 1 aromatic carbocycles. The van der Waals surface area contributed by atoms with Crippen LogP contribution < -0.4 is 10.1 Å². The number of benzene rings is 1. The molecule has 100 valence electrons. The number of aryl methyl sites for hydroxylation is 1. The van der Waals surface area contributed by atoms with Crippen LogP contribution in [-0.4, -0.2) is 17.6 Å². The molecule has 1 unspecified atom stereocenters. The van der Waals surface area contributed by atoms with Crippen molar-refractivity contribution >= 4 is 5.91 Å². The Labute approximate surface area is 107 Å². The lowest BCUT2D eigenvalue weighted by Gasteiger charge is -2.23. The molecule has 0 bridgehead atoms. The molecule has 0 saturated carbocycles. The molecule has 0 heterocycles. The summed E-state index contributed by atoms with van der Waals surface area (Å²) >= 11 is 0. The standard InChI is InChI=1S/C14H20FNO2/c1-9-7-6-8-11(12(9)15)18-10(2)13(17)16-14(3,4)5/h6-8,10H,1-5H3,(H,16,17). The lowest BCUT2D eigenvalue weighted by atomic mass is 10.1. The molecular weight excluding hydrogens is 233 g/mol. The second-order valence-corrected chi connectivity index (χ2v) is 5.39. The third-order valence-electron chi connectivity index (χ3n) is 2.33. The molecule has 0 aromatic heterocycles. The maximum absolute atomic E-state index is 13.7. The van der Waals surface area contributed by atoms with Gasteiger partial charge in [-0.2, -0.15) is 0 Å². The summed E-state index contributed by atoms with van der Waals surface area (Å²) in [5.74, 6) is -0.581. The Morgan fingerprint density at radius 2 is 2.00 bits per heavy atom. The molecule has 1 amide bonds. The number of carbonyl (C=O) groups excluding carboxylic acids is 1. The fourth-order valence-electron chi connectivity index (χ4n) is 1.43. The van der Waals surface area contributed by atoms with Crippen LogP contribution in [0.25, 0.3) is 0 Å². The summed E-state index contributed by atoms with van der Waals surface area (Å²) in [5.41, 5.74) is 0.163. The van der Waals surface area contributed by atoms with E-state index in [1.165, 1.54) is 6.07 Å². The molecule has 1 N–H and O–H groups in total. The van der Waals surface area contributed by atoms with Crippen LogP contribution in [0, 0.1) is 12.7 Å². The fourth-order valence-corrected chi connectivity index (χ4v) is 1.43. The van der Waals surface area contributed by atoms with Crippen molar-refractivity contribution < 1.29 is 13.9 Å². The fraction of sp³-hybridized carbons (Fsp3) is 0.500. The second-order valence-electron chi connectivity index (χ2n) is 5.39. The molecule has 0 aliphatic rings. The number of amides is 1. The Morgan fingerprint density at radius 3 is 2.56 bits per heavy atom. The minimum atomic E-state index is -0.736. The zero-order chi connectivity index (χ0) is 13.9. The molecule has 0 spiro atoms. The number of hydrogen-bond donors (Lipinski definition) is 1. The zero-order valence-electron chi connectivity index (χ0n) is 11.5. The van der Waals surface area contributed by atoms with Crippen molar-refractivity contribution in [1.29, 1.82) is 0 Å². The van der Waals surface area contributed by atoms with E-state index in [2.05, 4.69) is 5.32 Å². The van der Waals surface area contributed by atoms with Gasteiger partial charge in [-0.05, 0) is 46.2 Å². The maximum atomic E-state index is 13.7. The minimum absolute atomic E-state index is 0.103. The van der Waals surface area contributed by atoms with E-state index in [4.69, 9.17) is 4.74 Å². The second kappa shape index (κ2) is 5.38. The van der Waals surface area contributed by atoms with Gasteiger partial charge in [-0.25, -0.2) is 4.39 Å². The zero-order valence-corrected chi connectivity index (χ0v) is 11.5. The van der Waals surface area contributed by atoms with E-state index in [1.54, 1.807) is 26.0 Å². The van der Waals surface area contributed by atoms with Crippen LogP contribution in [0.3, 0.4) is 0 Å². The smallest absolute Gasteiger partial charge is 0.261 e. The van der Waals surface area contributed by atoms with E-state index in [0.29, 0.717) is 5.56 Å². The SMILES string of the molecule is Cc1cccc(OC(C)C(=O)NC(C)(C)C)c1F. The Kier molecular flexibility index (Phi) is 4.33. The quantitative estimate of drug-likeness (QED) is 0.899. The van der Waals surface area contributed by atoms with E-state index in [9.17, 15) is 9.18 Å². The summed E-state index contributed by atoms with van der Waals surface area (Å²) in [6, 6.07) is 4.87. The van der Waals surface area contributed by atoms with E-state index in [1.807, 2.05) is 20.8 Å². The number of carbonyl (C=O) groups is 1. The Bertz CT molecular complexity index is 438. The average Bonchev–Trinajstić information content (AvgIpc) is 2.22. The first-order valence-electron chi connectivity index (χ1n) is 5.94. The average molecular weight is 253 g/mol. The molecular formula is C14H20FNO2. The molecule has 3 nitrogen and oxygen atoms in total. The first-order valence-corrected chi connectivity index (χ1v) is 5.94. The summed E-state index contributed by atoms with van der Waals surface area (Å²) in [4.78, 5) is 11.8. The molecule has 18 heavy (non-hydrogen) atoms. The molecule has 1 atom stereocenters. The number of rotatable bonds is 3. The lowest BCUT2D eigenvalue weighted by Crippen LogP contribution is -2.46. The van der Waals surface area contributed by atoms with Gasteiger partial charge in [0.05, 0.1) is 0 Å².